The van der Waals surface area contributed by atoms with Crippen LogP contribution in [0.1, 0.15) is 5.56 Å². The third-order valence-electron chi connectivity index (χ3n) is 2.31. The average molecular weight is 236 g/mol. The molecule has 0 saturated heterocycles. The number of benzene rings is 1. The predicted molar refractivity (Wildman–Crippen MR) is 66.4 cm³/mol. The monoisotopic (exact) mass is 236 g/mol. The van der Waals surface area contributed by atoms with Crippen LogP contribution in [0.15, 0.2) is 30.4 Å². The molecule has 0 amide bonds. The maximum absolute atomic E-state index is 10.7. The van der Waals surface area contributed by atoms with Gasteiger partial charge < -0.3 is 10.1 Å². The summed E-state index contributed by atoms with van der Waals surface area (Å²) >= 11 is 0. The molecular weight excluding hydrogens is 220 g/mol. The van der Waals surface area contributed by atoms with Crippen molar-refractivity contribution in [2.75, 3.05) is 20.2 Å². The van der Waals surface area contributed by atoms with Crippen molar-refractivity contribution in [3.63, 3.8) is 0 Å². The van der Waals surface area contributed by atoms with E-state index in [-0.39, 0.29) is 5.69 Å². The number of nitrogens with zero attached hydrogens (tertiary/aromatic N) is 1. The van der Waals surface area contributed by atoms with Gasteiger partial charge in [0.15, 0.2) is 0 Å². The Bertz CT molecular complexity index is 430. The lowest BCUT2D eigenvalue weighted by Crippen LogP contribution is -2.14. The van der Waals surface area contributed by atoms with Crippen LogP contribution in [0, 0.1) is 17.0 Å². The van der Waals surface area contributed by atoms with E-state index in [2.05, 4.69) is 11.9 Å². The molecule has 17 heavy (non-hydrogen) atoms. The van der Waals surface area contributed by atoms with Crippen LogP contribution in [0.3, 0.4) is 0 Å². The van der Waals surface area contributed by atoms with Crippen molar-refractivity contribution in [1.29, 1.82) is 0 Å². The highest BCUT2D eigenvalue weighted by Gasteiger charge is 2.13. The molecule has 0 aliphatic rings. The third kappa shape index (κ3) is 3.57. The number of hydrogen-bond acceptors (Lipinski definition) is 4. The zero-order valence-electron chi connectivity index (χ0n) is 10.0. The van der Waals surface area contributed by atoms with Gasteiger partial charge in [0.05, 0.1) is 10.5 Å². The lowest BCUT2D eigenvalue weighted by Gasteiger charge is -2.10. The zero-order valence-corrected chi connectivity index (χ0v) is 10.0. The lowest BCUT2D eigenvalue weighted by molar-refractivity contribution is -0.385. The van der Waals surface area contributed by atoms with Crippen molar-refractivity contribution in [2.45, 2.75) is 6.92 Å². The van der Waals surface area contributed by atoms with Crippen LogP contribution in [0.2, 0.25) is 0 Å². The highest BCUT2D eigenvalue weighted by Crippen LogP contribution is 2.27. The number of hydrogen-bond donors (Lipinski definition) is 1. The summed E-state index contributed by atoms with van der Waals surface area (Å²) < 4.78 is 5.50. The minimum atomic E-state index is -0.412. The topological polar surface area (TPSA) is 64.4 Å². The number of rotatable bonds is 6. The first kappa shape index (κ1) is 13.2. The molecule has 0 bridgehead atoms. The van der Waals surface area contributed by atoms with E-state index >= 15 is 0 Å². The van der Waals surface area contributed by atoms with Gasteiger partial charge in [-0.3, -0.25) is 10.1 Å². The van der Waals surface area contributed by atoms with Gasteiger partial charge >= 0.3 is 0 Å². The van der Waals surface area contributed by atoms with Gasteiger partial charge in [-0.2, -0.15) is 0 Å². The zero-order chi connectivity index (χ0) is 12.8. The molecule has 0 atom stereocenters. The fraction of sp³-hybridized carbons (Fsp3) is 0.333. The minimum Gasteiger partial charge on any atom is -0.489 e. The Kier molecular flexibility index (Phi) is 4.66. The molecule has 5 nitrogen and oxygen atoms in total. The Morgan fingerprint density at radius 3 is 2.88 bits per heavy atom. The quantitative estimate of drug-likeness (QED) is 0.466. The summed E-state index contributed by atoms with van der Waals surface area (Å²) in [7, 11) is 1.82. The summed E-state index contributed by atoms with van der Waals surface area (Å²) in [5.74, 6) is 0.524. The van der Waals surface area contributed by atoms with Gasteiger partial charge in [-0.25, -0.2) is 0 Å². The van der Waals surface area contributed by atoms with Gasteiger partial charge in [-0.05, 0) is 25.6 Å². The molecule has 1 N–H and O–H groups in total. The summed E-state index contributed by atoms with van der Waals surface area (Å²) in [6.45, 7) is 6.51. The highest BCUT2D eigenvalue weighted by molar-refractivity contribution is 5.48. The first-order valence-corrected chi connectivity index (χ1v) is 5.24. The van der Waals surface area contributed by atoms with E-state index in [0.717, 1.165) is 5.57 Å². The molecule has 1 aromatic carbocycles. The van der Waals surface area contributed by atoms with E-state index in [1.165, 1.54) is 6.07 Å². The number of nitro groups is 1. The normalized spacial score (nSPS) is 10.0. The third-order valence-corrected chi connectivity index (χ3v) is 2.31. The Morgan fingerprint density at radius 1 is 1.59 bits per heavy atom. The fourth-order valence-corrected chi connectivity index (χ4v) is 1.44. The second kappa shape index (κ2) is 6.00. The van der Waals surface area contributed by atoms with Crippen molar-refractivity contribution >= 4 is 5.69 Å². The molecule has 0 unspecified atom stereocenters. The van der Waals surface area contributed by atoms with E-state index in [0.29, 0.717) is 24.5 Å². The minimum absolute atomic E-state index is 0.0710. The van der Waals surface area contributed by atoms with Crippen LogP contribution in [0.5, 0.6) is 5.75 Å². The molecule has 0 aliphatic heterocycles. The smallest absolute Gasteiger partial charge is 0.276 e. The molecule has 5 heteroatoms. The number of likely N-dealkylation sites (N-methyl/N-ethyl adjacent to an activating group) is 1. The van der Waals surface area contributed by atoms with E-state index in [4.69, 9.17) is 4.74 Å². The standard InChI is InChI=1S/C12H16N2O3/c1-9(7-13-3)8-17-12-6-4-5-11(10(12)2)14(15)16/h4-6,13H,1,7-8H2,2-3H3. The fourth-order valence-electron chi connectivity index (χ4n) is 1.44. The van der Waals surface area contributed by atoms with Crippen LogP contribution in [0.25, 0.3) is 0 Å². The SMILES string of the molecule is C=C(CNC)COc1cccc([N+](=O)[O-])c1C. The van der Waals surface area contributed by atoms with Crippen LogP contribution in [-0.2, 0) is 0 Å². The van der Waals surface area contributed by atoms with Gasteiger partial charge in [0.2, 0.25) is 0 Å². The second-order valence-electron chi connectivity index (χ2n) is 3.73. The first-order valence-electron chi connectivity index (χ1n) is 5.24. The van der Waals surface area contributed by atoms with E-state index < -0.39 is 4.92 Å². The van der Waals surface area contributed by atoms with Gasteiger partial charge in [0.25, 0.3) is 5.69 Å². The van der Waals surface area contributed by atoms with E-state index in [1.807, 2.05) is 7.05 Å². The predicted octanol–water partition coefficient (Wildman–Crippen LogP) is 2.06. The number of nitro benzene ring substituents is 1. The largest absolute Gasteiger partial charge is 0.489 e. The first-order chi connectivity index (χ1) is 8.06. The molecule has 0 saturated carbocycles. The van der Waals surface area contributed by atoms with Gasteiger partial charge in [-0.1, -0.05) is 12.6 Å². The summed E-state index contributed by atoms with van der Waals surface area (Å²) in [4.78, 5) is 10.3. The van der Waals surface area contributed by atoms with E-state index in [9.17, 15) is 10.1 Å². The summed E-state index contributed by atoms with van der Waals surface area (Å²) in [5, 5.41) is 13.7. The molecule has 0 aliphatic carbocycles. The Balaban J connectivity index is 2.75. The summed E-state index contributed by atoms with van der Waals surface area (Å²) in [5.41, 5.74) is 1.50. The average Bonchev–Trinajstić information content (AvgIpc) is 2.27. The Labute approximate surface area is 100 Å². The van der Waals surface area contributed by atoms with E-state index in [1.54, 1.807) is 19.1 Å². The van der Waals surface area contributed by atoms with Crippen molar-refractivity contribution < 1.29 is 9.66 Å². The molecule has 92 valence electrons. The summed E-state index contributed by atoms with van der Waals surface area (Å²) in [6, 6.07) is 4.79. The van der Waals surface area contributed by atoms with Gasteiger partial charge in [0, 0.05) is 12.6 Å². The maximum atomic E-state index is 10.7. The van der Waals surface area contributed by atoms with Crippen molar-refractivity contribution in [1.82, 2.24) is 5.32 Å². The molecule has 1 rings (SSSR count). The summed E-state index contributed by atoms with van der Waals surface area (Å²) in [6.07, 6.45) is 0. The molecule has 1 aromatic rings. The van der Waals surface area contributed by atoms with Gasteiger partial charge in [-0.15, -0.1) is 0 Å². The highest BCUT2D eigenvalue weighted by atomic mass is 16.6. The van der Waals surface area contributed by atoms with Gasteiger partial charge in [0.1, 0.15) is 12.4 Å². The van der Waals surface area contributed by atoms with Crippen molar-refractivity contribution in [3.05, 3.63) is 46.0 Å². The molecule has 0 aromatic heterocycles. The van der Waals surface area contributed by atoms with Crippen LogP contribution in [0.4, 0.5) is 5.69 Å². The second-order valence-corrected chi connectivity index (χ2v) is 3.73. The van der Waals surface area contributed by atoms with Crippen LogP contribution >= 0.6 is 0 Å². The van der Waals surface area contributed by atoms with Crippen molar-refractivity contribution in [2.24, 2.45) is 0 Å². The molecule has 0 heterocycles. The Morgan fingerprint density at radius 2 is 2.29 bits per heavy atom. The van der Waals surface area contributed by atoms with Crippen molar-refractivity contribution in [3.8, 4) is 5.75 Å². The molecule has 0 fully saturated rings. The molecule has 0 radical (unpaired) electrons. The molecular formula is C12H16N2O3. The van der Waals surface area contributed by atoms with Crippen LogP contribution in [-0.4, -0.2) is 25.1 Å². The number of nitrogens with one attached hydrogen (secondary N) is 1. The maximum Gasteiger partial charge on any atom is 0.276 e. The number of ether oxygens (including phenoxy) is 1. The lowest BCUT2D eigenvalue weighted by atomic mass is 10.2. The Hall–Kier alpha value is -1.88. The molecule has 0 spiro atoms. The van der Waals surface area contributed by atoms with Crippen LogP contribution < -0.4 is 10.1 Å².